The molecule has 118 valence electrons. The second-order valence-corrected chi connectivity index (χ2v) is 6.89. The molecule has 0 aliphatic heterocycles. The largest absolute Gasteiger partial charge is 0.381 e. The summed E-state index contributed by atoms with van der Waals surface area (Å²) in [6.07, 6.45) is 9.85. The molecule has 0 atom stereocenters. The Bertz CT molecular complexity index is 231. The molecule has 0 spiro atoms. The first-order valence-corrected chi connectivity index (χ1v) is 8.30. The van der Waals surface area contributed by atoms with E-state index >= 15 is 0 Å². The van der Waals surface area contributed by atoms with E-state index in [0.29, 0.717) is 10.8 Å². The number of fused-ring (bicyclic) bond motifs is 3. The highest BCUT2D eigenvalue weighted by Gasteiger charge is 2.48. The van der Waals surface area contributed by atoms with Gasteiger partial charge in [-0.1, -0.05) is 0 Å². The van der Waals surface area contributed by atoms with Crippen molar-refractivity contribution < 1.29 is 9.47 Å². The Morgan fingerprint density at radius 1 is 0.650 bits per heavy atom. The lowest BCUT2D eigenvalue weighted by Crippen LogP contribution is -2.46. The Morgan fingerprint density at radius 3 is 1.30 bits per heavy atom. The zero-order chi connectivity index (χ0) is 14.3. The zero-order valence-corrected chi connectivity index (χ0v) is 12.9. The van der Waals surface area contributed by atoms with Crippen molar-refractivity contribution in [2.24, 2.45) is 22.3 Å². The molecule has 3 fully saturated rings. The van der Waals surface area contributed by atoms with Crippen molar-refractivity contribution in [1.82, 2.24) is 0 Å². The Morgan fingerprint density at radius 2 is 1.00 bits per heavy atom. The maximum absolute atomic E-state index is 5.85. The van der Waals surface area contributed by atoms with Gasteiger partial charge in [-0.3, -0.25) is 0 Å². The molecule has 0 saturated heterocycles. The molecule has 4 nitrogen and oxygen atoms in total. The molecule has 3 aliphatic rings. The first kappa shape index (κ1) is 16.2. The molecule has 20 heavy (non-hydrogen) atoms. The van der Waals surface area contributed by atoms with Crippen LogP contribution in [0.3, 0.4) is 0 Å². The fraction of sp³-hybridized carbons (Fsp3) is 1.00. The van der Waals surface area contributed by atoms with Crippen molar-refractivity contribution in [2.75, 3.05) is 39.5 Å². The van der Waals surface area contributed by atoms with Crippen LogP contribution in [0.25, 0.3) is 0 Å². The molecule has 0 heterocycles. The van der Waals surface area contributed by atoms with Gasteiger partial charge >= 0.3 is 0 Å². The molecule has 4 N–H and O–H groups in total. The van der Waals surface area contributed by atoms with E-state index in [2.05, 4.69) is 0 Å². The van der Waals surface area contributed by atoms with E-state index in [4.69, 9.17) is 20.9 Å². The topological polar surface area (TPSA) is 70.5 Å². The molecule has 0 aromatic rings. The average molecular weight is 284 g/mol. The third-order valence-electron chi connectivity index (χ3n) is 5.36. The predicted octanol–water partition coefficient (Wildman–Crippen LogP) is 2.06. The quantitative estimate of drug-likeness (QED) is 0.602. The monoisotopic (exact) mass is 284 g/mol. The van der Waals surface area contributed by atoms with Gasteiger partial charge in [0.1, 0.15) is 0 Å². The lowest BCUT2D eigenvalue weighted by molar-refractivity contribution is -0.0939. The number of nitrogens with two attached hydrogens (primary N) is 2. The van der Waals surface area contributed by atoms with Gasteiger partial charge in [0.2, 0.25) is 0 Å². The summed E-state index contributed by atoms with van der Waals surface area (Å²) in [7, 11) is 0. The van der Waals surface area contributed by atoms with Crippen molar-refractivity contribution in [3.63, 3.8) is 0 Å². The summed E-state index contributed by atoms with van der Waals surface area (Å²) in [4.78, 5) is 0. The third-order valence-corrected chi connectivity index (χ3v) is 5.36. The van der Waals surface area contributed by atoms with Crippen molar-refractivity contribution in [2.45, 2.75) is 51.4 Å². The van der Waals surface area contributed by atoms with Crippen LogP contribution in [0, 0.1) is 10.8 Å². The summed E-state index contributed by atoms with van der Waals surface area (Å²) in [6, 6.07) is 0. The molecule has 3 saturated carbocycles. The minimum Gasteiger partial charge on any atom is -0.381 e. The number of ether oxygens (including phenoxy) is 2. The molecular weight excluding hydrogens is 252 g/mol. The fourth-order valence-corrected chi connectivity index (χ4v) is 3.72. The van der Waals surface area contributed by atoms with Gasteiger partial charge in [0.05, 0.1) is 13.2 Å². The second-order valence-electron chi connectivity index (χ2n) is 6.89. The summed E-state index contributed by atoms with van der Waals surface area (Å²) < 4.78 is 11.7. The van der Waals surface area contributed by atoms with E-state index in [1.54, 1.807) is 0 Å². The maximum atomic E-state index is 5.85. The van der Waals surface area contributed by atoms with E-state index in [-0.39, 0.29) is 0 Å². The van der Waals surface area contributed by atoms with Crippen LogP contribution in [0.4, 0.5) is 0 Å². The highest BCUT2D eigenvalue weighted by Crippen LogP contribution is 2.56. The maximum Gasteiger partial charge on any atom is 0.0522 e. The minimum absolute atomic E-state index is 0.466. The smallest absolute Gasteiger partial charge is 0.0522 e. The summed E-state index contributed by atoms with van der Waals surface area (Å²) in [6.45, 7) is 5.00. The summed E-state index contributed by atoms with van der Waals surface area (Å²) >= 11 is 0. The Labute approximate surface area is 123 Å². The van der Waals surface area contributed by atoms with Crippen molar-refractivity contribution >= 4 is 0 Å². The number of hydrogen-bond donors (Lipinski definition) is 2. The van der Waals surface area contributed by atoms with E-state index < -0.39 is 0 Å². The first-order valence-electron chi connectivity index (χ1n) is 8.30. The molecule has 0 unspecified atom stereocenters. The zero-order valence-electron chi connectivity index (χ0n) is 12.9. The predicted molar refractivity (Wildman–Crippen MR) is 81.5 cm³/mol. The van der Waals surface area contributed by atoms with Crippen LogP contribution in [0.5, 0.6) is 0 Å². The second kappa shape index (κ2) is 7.74. The summed E-state index contributed by atoms with van der Waals surface area (Å²) in [5, 5.41) is 0. The van der Waals surface area contributed by atoms with Gasteiger partial charge in [-0.05, 0) is 75.3 Å². The SMILES string of the molecule is NCCCOCC12CCC(COCCCN)(CC1)CC2. The summed E-state index contributed by atoms with van der Waals surface area (Å²) in [5.74, 6) is 0. The Kier molecular flexibility index (Phi) is 6.27. The van der Waals surface area contributed by atoms with Crippen LogP contribution >= 0.6 is 0 Å². The van der Waals surface area contributed by atoms with Gasteiger partial charge in [0.15, 0.2) is 0 Å². The van der Waals surface area contributed by atoms with Gasteiger partial charge in [-0.15, -0.1) is 0 Å². The fourth-order valence-electron chi connectivity index (χ4n) is 3.72. The molecule has 0 radical (unpaired) electrons. The normalized spacial score (nSPS) is 32.7. The van der Waals surface area contributed by atoms with Gasteiger partial charge in [0.25, 0.3) is 0 Å². The molecule has 2 bridgehead atoms. The van der Waals surface area contributed by atoms with Crippen LogP contribution in [-0.4, -0.2) is 39.5 Å². The third kappa shape index (κ3) is 4.17. The molecule has 0 amide bonds. The van der Waals surface area contributed by atoms with Crippen molar-refractivity contribution in [3.8, 4) is 0 Å². The molecule has 3 aliphatic carbocycles. The van der Waals surface area contributed by atoms with Gasteiger partial charge in [0, 0.05) is 13.2 Å². The van der Waals surface area contributed by atoms with Crippen LogP contribution in [0.1, 0.15) is 51.4 Å². The van der Waals surface area contributed by atoms with Gasteiger partial charge < -0.3 is 20.9 Å². The van der Waals surface area contributed by atoms with E-state index in [1.165, 1.54) is 38.5 Å². The molecule has 0 aromatic heterocycles. The van der Waals surface area contributed by atoms with E-state index in [1.807, 2.05) is 0 Å². The molecular formula is C16H32N2O2. The van der Waals surface area contributed by atoms with Crippen LogP contribution in [0.15, 0.2) is 0 Å². The minimum atomic E-state index is 0.466. The van der Waals surface area contributed by atoms with Crippen LogP contribution in [0.2, 0.25) is 0 Å². The van der Waals surface area contributed by atoms with Crippen LogP contribution in [-0.2, 0) is 9.47 Å². The number of hydrogen-bond acceptors (Lipinski definition) is 4. The number of rotatable bonds is 10. The van der Waals surface area contributed by atoms with Gasteiger partial charge in [-0.2, -0.15) is 0 Å². The lowest BCUT2D eigenvalue weighted by atomic mass is 9.54. The molecule has 3 rings (SSSR count). The van der Waals surface area contributed by atoms with E-state index in [9.17, 15) is 0 Å². The molecule has 0 aromatic carbocycles. The van der Waals surface area contributed by atoms with Crippen LogP contribution < -0.4 is 11.5 Å². The first-order chi connectivity index (χ1) is 9.74. The Balaban J connectivity index is 1.70. The van der Waals surface area contributed by atoms with Crippen molar-refractivity contribution in [3.05, 3.63) is 0 Å². The van der Waals surface area contributed by atoms with Gasteiger partial charge in [-0.25, -0.2) is 0 Å². The molecule has 4 heteroatoms. The average Bonchev–Trinajstić information content (AvgIpc) is 2.50. The highest BCUT2D eigenvalue weighted by atomic mass is 16.5. The lowest BCUT2D eigenvalue weighted by Gasteiger charge is -2.53. The summed E-state index contributed by atoms with van der Waals surface area (Å²) in [5.41, 5.74) is 11.9. The van der Waals surface area contributed by atoms with Crippen molar-refractivity contribution in [1.29, 1.82) is 0 Å². The Hall–Kier alpha value is -0.160. The standard InChI is InChI=1S/C16H32N2O2/c17-9-1-11-19-13-15-3-6-16(7-4-15,8-5-15)14-20-12-2-10-18/h1-14,17-18H2. The highest BCUT2D eigenvalue weighted by molar-refractivity contribution is 4.99. The van der Waals surface area contributed by atoms with E-state index in [0.717, 1.165) is 52.4 Å².